The van der Waals surface area contributed by atoms with Crippen LogP contribution in [-0.4, -0.2) is 56.4 Å². The number of amides is 1. The highest BCUT2D eigenvalue weighted by atomic mass is 19.4. The van der Waals surface area contributed by atoms with Crippen LogP contribution in [0.3, 0.4) is 0 Å². The highest BCUT2D eigenvalue weighted by Crippen LogP contribution is 2.25. The summed E-state index contributed by atoms with van der Waals surface area (Å²) in [6, 6.07) is 7.28. The Morgan fingerprint density at radius 3 is 2.71 bits per heavy atom. The van der Waals surface area contributed by atoms with Gasteiger partial charge in [0.15, 0.2) is 6.10 Å². The zero-order chi connectivity index (χ0) is 17.6. The van der Waals surface area contributed by atoms with Crippen molar-refractivity contribution in [1.82, 2.24) is 10.2 Å². The highest BCUT2D eigenvalue weighted by molar-refractivity contribution is 5.76. The van der Waals surface area contributed by atoms with Gasteiger partial charge in [-0.05, 0) is 17.7 Å². The lowest BCUT2D eigenvalue weighted by molar-refractivity contribution is -0.237. The van der Waals surface area contributed by atoms with E-state index in [1.165, 1.54) is 0 Å². The molecule has 1 amide bonds. The van der Waals surface area contributed by atoms with E-state index in [0.29, 0.717) is 13.1 Å². The van der Waals surface area contributed by atoms with Gasteiger partial charge in [0.2, 0.25) is 5.91 Å². The molecule has 1 aromatic carbocycles. The first-order valence-corrected chi connectivity index (χ1v) is 7.69. The molecule has 1 atom stereocenters. The lowest BCUT2D eigenvalue weighted by atomic mass is 10.2. The van der Waals surface area contributed by atoms with Gasteiger partial charge in [-0.2, -0.15) is 13.2 Å². The van der Waals surface area contributed by atoms with Crippen molar-refractivity contribution in [3.63, 3.8) is 0 Å². The fraction of sp³-hybridized carbons (Fsp3) is 0.562. The summed E-state index contributed by atoms with van der Waals surface area (Å²) < 4.78 is 47.7. The van der Waals surface area contributed by atoms with E-state index >= 15 is 0 Å². The van der Waals surface area contributed by atoms with Gasteiger partial charge in [-0.25, -0.2) is 0 Å². The predicted octanol–water partition coefficient (Wildman–Crippen LogP) is 1.96. The smallest absolute Gasteiger partial charge is 0.415 e. The first kappa shape index (κ1) is 18.5. The third-order valence-electron chi connectivity index (χ3n) is 3.82. The van der Waals surface area contributed by atoms with E-state index in [2.05, 4.69) is 5.32 Å². The summed E-state index contributed by atoms with van der Waals surface area (Å²) >= 11 is 0. The Kier molecular flexibility index (Phi) is 6.44. The summed E-state index contributed by atoms with van der Waals surface area (Å²) in [5, 5.41) is 2.76. The second-order valence-corrected chi connectivity index (χ2v) is 5.58. The number of carbonyl (C=O) groups excluding carboxylic acids is 1. The number of halogens is 3. The maximum atomic E-state index is 12.6. The molecule has 24 heavy (non-hydrogen) atoms. The summed E-state index contributed by atoms with van der Waals surface area (Å²) in [5.41, 5.74) is 0.924. The summed E-state index contributed by atoms with van der Waals surface area (Å²) in [6.45, 7) is 0.854. The number of carbonyl (C=O) groups is 1. The molecule has 5 nitrogen and oxygen atoms in total. The molecule has 1 aromatic rings. The van der Waals surface area contributed by atoms with Gasteiger partial charge in [-0.1, -0.05) is 12.1 Å². The molecule has 1 N–H and O–H groups in total. The maximum absolute atomic E-state index is 12.6. The maximum Gasteiger partial charge on any atom is 0.415 e. The molecule has 1 heterocycles. The summed E-state index contributed by atoms with van der Waals surface area (Å²) in [4.78, 5) is 13.5. The van der Waals surface area contributed by atoms with E-state index in [9.17, 15) is 18.0 Å². The lowest BCUT2D eigenvalue weighted by Gasteiger charge is -2.33. The number of ether oxygens (including phenoxy) is 2. The Bertz CT molecular complexity index is 534. The van der Waals surface area contributed by atoms with Crippen LogP contribution in [0.15, 0.2) is 24.3 Å². The molecule has 0 spiro atoms. The molecule has 0 aromatic heterocycles. The average Bonchev–Trinajstić information content (AvgIpc) is 2.58. The molecule has 134 valence electrons. The Balaban J connectivity index is 1.70. The topological polar surface area (TPSA) is 50.8 Å². The van der Waals surface area contributed by atoms with Crippen LogP contribution in [0, 0.1) is 0 Å². The minimum absolute atomic E-state index is 0.0254. The number of benzene rings is 1. The minimum Gasteiger partial charge on any atom is -0.497 e. The van der Waals surface area contributed by atoms with Crippen molar-refractivity contribution in [2.45, 2.75) is 25.2 Å². The van der Waals surface area contributed by atoms with Crippen LogP contribution < -0.4 is 10.1 Å². The Morgan fingerprint density at radius 1 is 1.38 bits per heavy atom. The third-order valence-corrected chi connectivity index (χ3v) is 3.82. The second kappa shape index (κ2) is 8.34. The highest BCUT2D eigenvalue weighted by Gasteiger charge is 2.43. The molecule has 0 bridgehead atoms. The normalized spacial score (nSPS) is 19.1. The Labute approximate surface area is 138 Å². The number of rotatable bonds is 6. The van der Waals surface area contributed by atoms with Crippen LogP contribution >= 0.6 is 0 Å². The molecule has 1 fully saturated rings. The molecule has 2 rings (SSSR count). The predicted molar refractivity (Wildman–Crippen MR) is 81.7 cm³/mol. The fourth-order valence-electron chi connectivity index (χ4n) is 2.40. The van der Waals surface area contributed by atoms with Crippen LogP contribution in [0.25, 0.3) is 0 Å². The quantitative estimate of drug-likeness (QED) is 0.856. The van der Waals surface area contributed by atoms with Crippen molar-refractivity contribution < 1.29 is 27.4 Å². The monoisotopic (exact) mass is 346 g/mol. The number of hydrogen-bond acceptors (Lipinski definition) is 4. The van der Waals surface area contributed by atoms with Crippen LogP contribution in [0.5, 0.6) is 5.75 Å². The van der Waals surface area contributed by atoms with Crippen molar-refractivity contribution in [3.05, 3.63) is 29.8 Å². The molecule has 0 saturated carbocycles. The Hall–Kier alpha value is -1.80. The van der Waals surface area contributed by atoms with Crippen LogP contribution in [0.4, 0.5) is 13.2 Å². The van der Waals surface area contributed by atoms with Gasteiger partial charge in [-0.3, -0.25) is 9.69 Å². The van der Waals surface area contributed by atoms with E-state index < -0.39 is 12.3 Å². The van der Waals surface area contributed by atoms with Crippen molar-refractivity contribution >= 4 is 5.91 Å². The van der Waals surface area contributed by atoms with Gasteiger partial charge in [-0.15, -0.1) is 0 Å². The summed E-state index contributed by atoms with van der Waals surface area (Å²) in [7, 11) is 1.58. The molecule has 0 unspecified atom stereocenters. The van der Waals surface area contributed by atoms with E-state index in [4.69, 9.17) is 9.47 Å². The zero-order valence-electron chi connectivity index (χ0n) is 13.4. The second-order valence-electron chi connectivity index (χ2n) is 5.58. The molecule has 0 radical (unpaired) electrons. The van der Waals surface area contributed by atoms with Crippen LogP contribution in [0.2, 0.25) is 0 Å². The van der Waals surface area contributed by atoms with E-state index in [1.807, 2.05) is 12.1 Å². The fourth-order valence-corrected chi connectivity index (χ4v) is 2.40. The van der Waals surface area contributed by atoms with Crippen LogP contribution in [0.1, 0.15) is 12.0 Å². The molecule has 8 heteroatoms. The molecule has 1 aliphatic heterocycles. The first-order valence-electron chi connectivity index (χ1n) is 7.69. The zero-order valence-corrected chi connectivity index (χ0v) is 13.4. The number of methoxy groups -OCH3 is 1. The molecule has 1 saturated heterocycles. The van der Waals surface area contributed by atoms with Crippen molar-refractivity contribution in [2.24, 2.45) is 0 Å². The van der Waals surface area contributed by atoms with Crippen LogP contribution in [-0.2, 0) is 16.1 Å². The summed E-state index contributed by atoms with van der Waals surface area (Å²) in [5.74, 6) is 0.539. The number of nitrogens with one attached hydrogen (secondary N) is 1. The van der Waals surface area contributed by atoms with Crippen molar-refractivity contribution in [2.75, 3.05) is 33.4 Å². The molecule has 0 aliphatic carbocycles. The number of morpholine rings is 1. The average molecular weight is 346 g/mol. The molecule has 1 aliphatic rings. The largest absolute Gasteiger partial charge is 0.497 e. The van der Waals surface area contributed by atoms with Gasteiger partial charge >= 0.3 is 6.18 Å². The van der Waals surface area contributed by atoms with E-state index in [1.54, 1.807) is 24.1 Å². The molecular formula is C16H21F3N2O3. The number of nitrogens with zero attached hydrogens (tertiary/aromatic N) is 1. The van der Waals surface area contributed by atoms with Gasteiger partial charge in [0, 0.05) is 32.6 Å². The third kappa shape index (κ3) is 5.68. The minimum atomic E-state index is -4.37. The number of hydrogen-bond donors (Lipinski definition) is 1. The van der Waals surface area contributed by atoms with Gasteiger partial charge in [0.1, 0.15) is 5.75 Å². The first-order chi connectivity index (χ1) is 11.4. The standard InChI is InChI=1S/C16H21F3N2O3/c1-23-13-4-2-12(3-5-13)10-20-15(22)6-7-21-8-9-24-14(11-21)16(17,18)19/h2-5,14H,6-11H2,1H3,(H,20,22)/t14-/m0/s1. The van der Waals surface area contributed by atoms with Gasteiger partial charge < -0.3 is 14.8 Å². The van der Waals surface area contributed by atoms with Gasteiger partial charge in [0.25, 0.3) is 0 Å². The Morgan fingerprint density at radius 2 is 2.08 bits per heavy atom. The number of alkyl halides is 3. The SMILES string of the molecule is COc1ccc(CNC(=O)CCN2CCO[C@H](C(F)(F)F)C2)cc1. The van der Waals surface area contributed by atoms with Gasteiger partial charge in [0.05, 0.1) is 13.7 Å². The summed E-state index contributed by atoms with van der Waals surface area (Å²) in [6.07, 6.45) is -5.98. The van der Waals surface area contributed by atoms with E-state index in [0.717, 1.165) is 11.3 Å². The van der Waals surface area contributed by atoms with Crippen molar-refractivity contribution in [1.29, 1.82) is 0 Å². The van der Waals surface area contributed by atoms with Crippen molar-refractivity contribution in [3.8, 4) is 5.75 Å². The van der Waals surface area contributed by atoms with E-state index in [-0.39, 0.29) is 32.0 Å². The lowest BCUT2D eigenvalue weighted by Crippen LogP contribution is -2.49. The molecular weight excluding hydrogens is 325 g/mol.